The van der Waals surface area contributed by atoms with Gasteiger partial charge in [-0.15, -0.1) is 0 Å². The minimum Gasteiger partial charge on any atom is -0.299 e. The summed E-state index contributed by atoms with van der Waals surface area (Å²) in [5, 5.41) is 0. The predicted octanol–water partition coefficient (Wildman–Crippen LogP) is 6.39. The van der Waals surface area contributed by atoms with E-state index in [1.165, 1.54) is 22.3 Å². The summed E-state index contributed by atoms with van der Waals surface area (Å²) in [4.78, 5) is 12.5. The van der Waals surface area contributed by atoms with Crippen molar-refractivity contribution in [3.63, 3.8) is 0 Å². The molecule has 1 aliphatic carbocycles. The van der Waals surface area contributed by atoms with Gasteiger partial charge in [0.05, 0.1) is 0 Å². The Hall–Kier alpha value is -3.19. The maximum absolute atomic E-state index is 12.5. The molecule has 1 nitrogen and oxygen atoms in total. The van der Waals surface area contributed by atoms with Crippen LogP contribution in [0.1, 0.15) is 35.4 Å². The highest BCUT2D eigenvalue weighted by atomic mass is 16.1. The second-order valence-corrected chi connectivity index (χ2v) is 7.27. The Bertz CT molecular complexity index is 982. The van der Waals surface area contributed by atoms with E-state index in [9.17, 15) is 4.79 Å². The number of rotatable bonds is 7. The third kappa shape index (κ3) is 4.20. The van der Waals surface area contributed by atoms with Gasteiger partial charge in [-0.3, -0.25) is 4.79 Å². The smallest absolute Gasteiger partial charge is 0.137 e. The van der Waals surface area contributed by atoms with Crippen molar-refractivity contribution in [2.75, 3.05) is 0 Å². The normalized spacial score (nSPS) is 15.8. The Labute approximate surface area is 167 Å². The van der Waals surface area contributed by atoms with Crippen LogP contribution in [0.4, 0.5) is 0 Å². The first-order valence-corrected chi connectivity index (χ1v) is 9.88. The monoisotopic (exact) mass is 364 g/mol. The zero-order valence-corrected chi connectivity index (χ0v) is 15.9. The topological polar surface area (TPSA) is 17.1 Å². The van der Waals surface area contributed by atoms with Gasteiger partial charge in [0, 0.05) is 18.8 Å². The highest BCUT2D eigenvalue weighted by molar-refractivity contribution is 5.83. The molecule has 0 radical (unpaired) electrons. The van der Waals surface area contributed by atoms with Gasteiger partial charge in [-0.1, -0.05) is 109 Å². The molecule has 0 spiro atoms. The van der Waals surface area contributed by atoms with Gasteiger partial charge in [0.15, 0.2) is 0 Å². The number of allylic oxidation sites excluding steroid dienone is 4. The quantitative estimate of drug-likeness (QED) is 0.475. The van der Waals surface area contributed by atoms with Gasteiger partial charge in [0.1, 0.15) is 5.78 Å². The van der Waals surface area contributed by atoms with Crippen LogP contribution < -0.4 is 0 Å². The van der Waals surface area contributed by atoms with E-state index in [0.717, 1.165) is 12.0 Å². The first-order valence-electron chi connectivity index (χ1n) is 9.88. The molecule has 0 heterocycles. The molecule has 1 atom stereocenters. The van der Waals surface area contributed by atoms with E-state index in [-0.39, 0.29) is 5.92 Å². The summed E-state index contributed by atoms with van der Waals surface area (Å²) in [5.74, 6) is 0.528. The lowest BCUT2D eigenvalue weighted by Gasteiger charge is -2.20. The van der Waals surface area contributed by atoms with Crippen LogP contribution in [0.25, 0.3) is 5.57 Å². The SMILES string of the molecule is O=C(CCC1=CC=C(c2ccccc2)C1c1ccccc1)Cc1ccccc1. The largest absolute Gasteiger partial charge is 0.299 e. The number of ketones is 1. The Morgan fingerprint density at radius 3 is 2.00 bits per heavy atom. The van der Waals surface area contributed by atoms with E-state index in [4.69, 9.17) is 0 Å². The molecular formula is C27H24O. The molecule has 0 N–H and O–H groups in total. The summed E-state index contributed by atoms with van der Waals surface area (Å²) in [6.45, 7) is 0. The van der Waals surface area contributed by atoms with E-state index in [2.05, 4.69) is 66.7 Å². The van der Waals surface area contributed by atoms with Crippen molar-refractivity contribution in [2.24, 2.45) is 0 Å². The van der Waals surface area contributed by atoms with E-state index in [0.29, 0.717) is 18.6 Å². The van der Waals surface area contributed by atoms with Crippen molar-refractivity contribution in [3.05, 3.63) is 125 Å². The van der Waals surface area contributed by atoms with Crippen molar-refractivity contribution in [3.8, 4) is 0 Å². The summed E-state index contributed by atoms with van der Waals surface area (Å²) in [5.41, 5.74) is 6.27. The van der Waals surface area contributed by atoms with Crippen LogP contribution in [0.2, 0.25) is 0 Å². The molecule has 0 amide bonds. The molecule has 1 aliphatic rings. The van der Waals surface area contributed by atoms with Gasteiger partial charge in [0.2, 0.25) is 0 Å². The second-order valence-electron chi connectivity index (χ2n) is 7.27. The number of hydrogen-bond donors (Lipinski definition) is 0. The van der Waals surface area contributed by atoms with Crippen LogP contribution in [0.15, 0.2) is 109 Å². The standard InChI is InChI=1S/C27H24O/c28-25(20-21-10-4-1-5-11-21)18-16-24-17-19-26(22-12-6-2-7-13-22)27(24)23-14-8-3-9-15-23/h1-15,17,19,27H,16,18,20H2. The minimum atomic E-state index is 0.230. The van der Waals surface area contributed by atoms with Gasteiger partial charge >= 0.3 is 0 Å². The molecule has 0 saturated heterocycles. The molecule has 1 heteroatoms. The minimum absolute atomic E-state index is 0.230. The highest BCUT2D eigenvalue weighted by Gasteiger charge is 2.25. The molecule has 0 aliphatic heterocycles. The molecular weight excluding hydrogens is 340 g/mol. The number of carbonyl (C=O) groups is 1. The van der Waals surface area contributed by atoms with Gasteiger partial charge < -0.3 is 0 Å². The molecule has 28 heavy (non-hydrogen) atoms. The second kappa shape index (κ2) is 8.67. The number of hydrogen-bond acceptors (Lipinski definition) is 1. The first-order chi connectivity index (χ1) is 13.8. The summed E-state index contributed by atoms with van der Waals surface area (Å²) in [6, 6.07) is 31.2. The van der Waals surface area contributed by atoms with E-state index in [1.807, 2.05) is 36.4 Å². The van der Waals surface area contributed by atoms with E-state index in [1.54, 1.807) is 0 Å². The molecule has 4 rings (SSSR count). The molecule has 0 bridgehead atoms. The lowest BCUT2D eigenvalue weighted by atomic mass is 9.83. The van der Waals surface area contributed by atoms with Crippen molar-refractivity contribution < 1.29 is 4.79 Å². The lowest BCUT2D eigenvalue weighted by molar-refractivity contribution is -0.118. The van der Waals surface area contributed by atoms with Crippen molar-refractivity contribution in [1.29, 1.82) is 0 Å². The predicted molar refractivity (Wildman–Crippen MR) is 116 cm³/mol. The first kappa shape index (κ1) is 18.2. The Kier molecular flexibility index (Phi) is 5.63. The van der Waals surface area contributed by atoms with Gasteiger partial charge in [-0.25, -0.2) is 0 Å². The van der Waals surface area contributed by atoms with Gasteiger partial charge in [0.25, 0.3) is 0 Å². The molecule has 1 unspecified atom stereocenters. The molecule has 0 aromatic heterocycles. The van der Waals surface area contributed by atoms with Crippen LogP contribution >= 0.6 is 0 Å². The van der Waals surface area contributed by atoms with Crippen molar-refractivity contribution >= 4 is 11.4 Å². The molecule has 0 saturated carbocycles. The maximum Gasteiger partial charge on any atom is 0.137 e. The van der Waals surface area contributed by atoms with Crippen LogP contribution in [0.5, 0.6) is 0 Å². The van der Waals surface area contributed by atoms with Crippen LogP contribution in [-0.4, -0.2) is 5.78 Å². The molecule has 138 valence electrons. The summed E-state index contributed by atoms with van der Waals surface area (Å²) in [7, 11) is 0. The van der Waals surface area contributed by atoms with Crippen LogP contribution in [0, 0.1) is 0 Å². The number of benzene rings is 3. The average Bonchev–Trinajstić information content (AvgIpc) is 3.18. The number of carbonyl (C=O) groups excluding carboxylic acids is 1. The third-order valence-corrected chi connectivity index (χ3v) is 5.34. The van der Waals surface area contributed by atoms with Crippen LogP contribution in [-0.2, 0) is 11.2 Å². The fraction of sp³-hybridized carbons (Fsp3) is 0.148. The lowest BCUT2D eigenvalue weighted by Crippen LogP contribution is -2.07. The number of Topliss-reactive ketones (excluding diaryl/α,β-unsaturated/α-hetero) is 1. The zero-order chi connectivity index (χ0) is 19.2. The fourth-order valence-electron chi connectivity index (χ4n) is 3.94. The van der Waals surface area contributed by atoms with Crippen molar-refractivity contribution in [2.45, 2.75) is 25.2 Å². The van der Waals surface area contributed by atoms with E-state index < -0.39 is 0 Å². The molecule has 3 aromatic rings. The summed E-state index contributed by atoms with van der Waals surface area (Å²) in [6.07, 6.45) is 6.35. The summed E-state index contributed by atoms with van der Waals surface area (Å²) < 4.78 is 0. The zero-order valence-electron chi connectivity index (χ0n) is 15.9. The van der Waals surface area contributed by atoms with Crippen LogP contribution in [0.3, 0.4) is 0 Å². The molecule has 3 aromatic carbocycles. The third-order valence-electron chi connectivity index (χ3n) is 5.34. The van der Waals surface area contributed by atoms with Gasteiger partial charge in [-0.2, -0.15) is 0 Å². The average molecular weight is 364 g/mol. The fourth-order valence-corrected chi connectivity index (χ4v) is 3.94. The highest BCUT2D eigenvalue weighted by Crippen LogP contribution is 2.43. The maximum atomic E-state index is 12.5. The Morgan fingerprint density at radius 1 is 0.714 bits per heavy atom. The molecule has 0 fully saturated rings. The Morgan fingerprint density at radius 2 is 1.32 bits per heavy atom. The van der Waals surface area contributed by atoms with Gasteiger partial charge in [-0.05, 0) is 28.7 Å². The Balaban J connectivity index is 1.49. The summed E-state index contributed by atoms with van der Waals surface area (Å²) >= 11 is 0. The van der Waals surface area contributed by atoms with Crippen molar-refractivity contribution in [1.82, 2.24) is 0 Å². The van der Waals surface area contributed by atoms with E-state index >= 15 is 0 Å².